The molecular formula is C15H23N3O2S. The topological polar surface area (TPSA) is 53.9 Å². The lowest BCUT2D eigenvalue weighted by Crippen LogP contribution is -2.47. The number of carbonyl (C=O) groups is 1. The van der Waals surface area contributed by atoms with Crippen LogP contribution in [-0.4, -0.2) is 42.1 Å². The predicted molar refractivity (Wildman–Crippen MR) is 86.0 cm³/mol. The Labute approximate surface area is 130 Å². The standard InChI is InChI=1S/C15H23N3O2S/c1-11-5-8-21-12(11)9-17-13-10-18(7-6-16-13)14(19)20-15(2,3)4/h5,8H,6-7,9-10H2,1-4H3,(H,16,17). The Kier molecular flexibility index (Phi) is 4.88. The number of hydrogen-bond donors (Lipinski definition) is 1. The average Bonchev–Trinajstić information content (AvgIpc) is 2.80. The zero-order valence-electron chi connectivity index (χ0n) is 13.1. The van der Waals surface area contributed by atoms with Gasteiger partial charge in [0.1, 0.15) is 11.4 Å². The molecule has 6 heteroatoms. The van der Waals surface area contributed by atoms with Crippen molar-refractivity contribution in [2.24, 2.45) is 4.99 Å². The zero-order chi connectivity index (χ0) is 15.5. The van der Waals surface area contributed by atoms with E-state index in [9.17, 15) is 4.79 Å². The molecule has 1 aromatic heterocycles. The van der Waals surface area contributed by atoms with Crippen LogP contribution in [0.25, 0.3) is 0 Å². The monoisotopic (exact) mass is 309 g/mol. The molecule has 2 heterocycles. The molecule has 21 heavy (non-hydrogen) atoms. The summed E-state index contributed by atoms with van der Waals surface area (Å²) < 4.78 is 5.40. The van der Waals surface area contributed by atoms with Crippen molar-refractivity contribution < 1.29 is 9.53 Å². The van der Waals surface area contributed by atoms with E-state index < -0.39 is 5.60 Å². The number of rotatable bonds is 2. The highest BCUT2D eigenvalue weighted by atomic mass is 32.1. The molecule has 116 valence electrons. The van der Waals surface area contributed by atoms with Crippen molar-refractivity contribution >= 4 is 23.3 Å². The number of aryl methyl sites for hydroxylation is 1. The second-order valence-corrected chi connectivity index (χ2v) is 7.11. The van der Waals surface area contributed by atoms with Gasteiger partial charge in [0.25, 0.3) is 0 Å². The minimum atomic E-state index is -0.465. The van der Waals surface area contributed by atoms with Crippen molar-refractivity contribution in [1.29, 1.82) is 0 Å². The minimum absolute atomic E-state index is 0.274. The molecule has 0 saturated heterocycles. The number of amides is 1. The highest BCUT2D eigenvalue weighted by Crippen LogP contribution is 2.15. The first-order chi connectivity index (χ1) is 9.85. The van der Waals surface area contributed by atoms with Gasteiger partial charge in [-0.3, -0.25) is 9.89 Å². The Bertz CT molecular complexity index is 531. The second-order valence-electron chi connectivity index (χ2n) is 6.11. The van der Waals surface area contributed by atoms with E-state index in [0.29, 0.717) is 19.6 Å². The normalized spacial score (nSPS) is 15.6. The first kappa shape index (κ1) is 15.8. The largest absolute Gasteiger partial charge is 0.444 e. The lowest BCUT2D eigenvalue weighted by molar-refractivity contribution is 0.0276. The molecular weight excluding hydrogens is 286 g/mol. The Morgan fingerprint density at radius 1 is 1.52 bits per heavy atom. The van der Waals surface area contributed by atoms with Gasteiger partial charge < -0.3 is 10.1 Å². The Balaban J connectivity index is 1.87. The SMILES string of the molecule is Cc1ccsc1CNC1=NCCN(C(=O)OC(C)(C)C)C1. The smallest absolute Gasteiger partial charge is 0.410 e. The second kappa shape index (κ2) is 6.47. The van der Waals surface area contributed by atoms with Crippen LogP contribution in [0.3, 0.4) is 0 Å². The number of amidine groups is 1. The van der Waals surface area contributed by atoms with Crippen LogP contribution < -0.4 is 5.32 Å². The summed E-state index contributed by atoms with van der Waals surface area (Å²) in [7, 11) is 0. The van der Waals surface area contributed by atoms with E-state index in [1.807, 2.05) is 20.8 Å². The van der Waals surface area contributed by atoms with Gasteiger partial charge in [-0.1, -0.05) is 0 Å². The highest BCUT2D eigenvalue weighted by molar-refractivity contribution is 7.10. The summed E-state index contributed by atoms with van der Waals surface area (Å²) in [6.07, 6.45) is -0.274. The van der Waals surface area contributed by atoms with Gasteiger partial charge in [-0.25, -0.2) is 4.79 Å². The molecule has 0 aromatic carbocycles. The van der Waals surface area contributed by atoms with E-state index in [1.54, 1.807) is 16.2 Å². The van der Waals surface area contributed by atoms with Crippen LogP contribution in [-0.2, 0) is 11.3 Å². The summed E-state index contributed by atoms with van der Waals surface area (Å²) in [6.45, 7) is 10.2. The van der Waals surface area contributed by atoms with E-state index in [0.717, 1.165) is 12.4 Å². The van der Waals surface area contributed by atoms with Crippen molar-refractivity contribution in [3.05, 3.63) is 21.9 Å². The highest BCUT2D eigenvalue weighted by Gasteiger charge is 2.24. The molecule has 1 amide bonds. The molecule has 0 radical (unpaired) electrons. The molecule has 0 saturated carbocycles. The number of aliphatic imine (C=N–C) groups is 1. The van der Waals surface area contributed by atoms with Gasteiger partial charge in [0.15, 0.2) is 0 Å². The fourth-order valence-electron chi connectivity index (χ4n) is 1.98. The maximum atomic E-state index is 12.1. The van der Waals surface area contributed by atoms with Crippen molar-refractivity contribution in [2.45, 2.75) is 39.8 Å². The van der Waals surface area contributed by atoms with E-state index in [4.69, 9.17) is 4.74 Å². The number of thiophene rings is 1. The van der Waals surface area contributed by atoms with Crippen LogP contribution in [0.15, 0.2) is 16.4 Å². The van der Waals surface area contributed by atoms with Crippen LogP contribution in [0.4, 0.5) is 4.79 Å². The zero-order valence-corrected chi connectivity index (χ0v) is 13.9. The molecule has 0 atom stereocenters. The summed E-state index contributed by atoms with van der Waals surface area (Å²) in [5, 5.41) is 5.41. The summed E-state index contributed by atoms with van der Waals surface area (Å²) >= 11 is 1.73. The van der Waals surface area contributed by atoms with E-state index in [2.05, 4.69) is 28.7 Å². The maximum Gasteiger partial charge on any atom is 0.410 e. The molecule has 1 N–H and O–H groups in total. The molecule has 0 fully saturated rings. The van der Waals surface area contributed by atoms with Crippen LogP contribution >= 0.6 is 11.3 Å². The summed E-state index contributed by atoms with van der Waals surface area (Å²) in [6, 6.07) is 2.11. The number of ether oxygens (including phenoxy) is 1. The first-order valence-electron chi connectivity index (χ1n) is 7.13. The summed E-state index contributed by atoms with van der Waals surface area (Å²) in [5.74, 6) is 0.847. The maximum absolute atomic E-state index is 12.1. The minimum Gasteiger partial charge on any atom is -0.444 e. The molecule has 1 aliphatic heterocycles. The third-order valence-electron chi connectivity index (χ3n) is 3.09. The molecule has 1 aromatic rings. The van der Waals surface area contributed by atoms with Crippen LogP contribution in [0, 0.1) is 6.92 Å². The number of nitrogens with zero attached hydrogens (tertiary/aromatic N) is 2. The van der Waals surface area contributed by atoms with Gasteiger partial charge in [-0.15, -0.1) is 11.3 Å². The Morgan fingerprint density at radius 2 is 2.29 bits per heavy atom. The predicted octanol–water partition coefficient (Wildman–Crippen LogP) is 2.80. The first-order valence-corrected chi connectivity index (χ1v) is 8.01. The van der Waals surface area contributed by atoms with Gasteiger partial charge in [0.05, 0.1) is 19.6 Å². The molecule has 0 bridgehead atoms. The van der Waals surface area contributed by atoms with Crippen molar-refractivity contribution in [3.63, 3.8) is 0 Å². The summed E-state index contributed by atoms with van der Waals surface area (Å²) in [5.41, 5.74) is 0.820. The fraction of sp³-hybridized carbons (Fsp3) is 0.600. The van der Waals surface area contributed by atoms with Crippen LogP contribution in [0.1, 0.15) is 31.2 Å². The summed E-state index contributed by atoms with van der Waals surface area (Å²) in [4.78, 5) is 19.5. The number of carbonyl (C=O) groups excluding carboxylic acids is 1. The van der Waals surface area contributed by atoms with Gasteiger partial charge in [-0.2, -0.15) is 0 Å². The van der Waals surface area contributed by atoms with Crippen molar-refractivity contribution in [2.75, 3.05) is 19.6 Å². The molecule has 0 unspecified atom stereocenters. The van der Waals surface area contributed by atoms with Crippen molar-refractivity contribution in [3.8, 4) is 0 Å². The van der Waals surface area contributed by atoms with E-state index in [-0.39, 0.29) is 6.09 Å². The molecule has 5 nitrogen and oxygen atoms in total. The van der Waals surface area contributed by atoms with Crippen molar-refractivity contribution in [1.82, 2.24) is 10.2 Å². The molecule has 1 aliphatic rings. The third kappa shape index (κ3) is 4.74. The van der Waals surface area contributed by atoms with Crippen LogP contribution in [0.2, 0.25) is 0 Å². The Hall–Kier alpha value is -1.56. The van der Waals surface area contributed by atoms with Crippen LogP contribution in [0.5, 0.6) is 0 Å². The molecule has 2 rings (SSSR count). The number of hydrogen-bond acceptors (Lipinski definition) is 5. The third-order valence-corrected chi connectivity index (χ3v) is 4.11. The molecule has 0 spiro atoms. The lowest BCUT2D eigenvalue weighted by atomic mass is 10.2. The molecule has 0 aliphatic carbocycles. The quantitative estimate of drug-likeness (QED) is 0.914. The number of nitrogens with one attached hydrogen (secondary N) is 1. The van der Waals surface area contributed by atoms with Gasteiger partial charge >= 0.3 is 6.09 Å². The van der Waals surface area contributed by atoms with E-state index in [1.165, 1.54) is 10.4 Å². The average molecular weight is 309 g/mol. The van der Waals surface area contributed by atoms with E-state index >= 15 is 0 Å². The fourth-order valence-corrected chi connectivity index (χ4v) is 2.82. The van der Waals surface area contributed by atoms with Gasteiger partial charge in [0, 0.05) is 11.4 Å². The lowest BCUT2D eigenvalue weighted by Gasteiger charge is -2.29. The Morgan fingerprint density at radius 3 is 2.90 bits per heavy atom. The van der Waals surface area contributed by atoms with Gasteiger partial charge in [0.2, 0.25) is 0 Å². The van der Waals surface area contributed by atoms with Gasteiger partial charge in [-0.05, 0) is 44.7 Å².